The van der Waals surface area contributed by atoms with Gasteiger partial charge in [0.1, 0.15) is 17.5 Å². The molecule has 3 rings (SSSR count). The number of hydrogen-bond acceptors (Lipinski definition) is 5. The van der Waals surface area contributed by atoms with Gasteiger partial charge in [-0.05, 0) is 52.3 Å². The van der Waals surface area contributed by atoms with Crippen molar-refractivity contribution in [2.75, 3.05) is 41.3 Å². The highest BCUT2D eigenvalue weighted by molar-refractivity contribution is 5.53. The first-order chi connectivity index (χ1) is 11.8. The predicted octanol–water partition coefficient (Wildman–Crippen LogP) is 3.63. The van der Waals surface area contributed by atoms with Crippen LogP contribution in [0.15, 0.2) is 30.3 Å². The van der Waals surface area contributed by atoms with Crippen LogP contribution in [-0.4, -0.2) is 41.7 Å². The third-order valence-electron chi connectivity index (χ3n) is 4.30. The van der Waals surface area contributed by atoms with Gasteiger partial charge >= 0.3 is 0 Å². The predicted molar refractivity (Wildman–Crippen MR) is 106 cm³/mol. The van der Waals surface area contributed by atoms with Crippen LogP contribution in [0.2, 0.25) is 0 Å². The average molecular weight is 339 g/mol. The van der Waals surface area contributed by atoms with E-state index in [1.807, 2.05) is 6.92 Å². The standard InChI is InChI=1S/C20H29N5/c1-15-7-6-8-17(13-15)24-9-11-25(12-10-24)19-14-18(21-16(2)22-19)23-20(3,4)5/h6-8,13-14H,9-12H2,1-5H3,(H,21,22,23). The van der Waals surface area contributed by atoms with Gasteiger partial charge in [-0.3, -0.25) is 0 Å². The van der Waals surface area contributed by atoms with E-state index in [0.29, 0.717) is 0 Å². The maximum absolute atomic E-state index is 4.66. The lowest BCUT2D eigenvalue weighted by molar-refractivity contribution is 0.626. The number of aryl methyl sites for hydroxylation is 2. The summed E-state index contributed by atoms with van der Waals surface area (Å²) in [4.78, 5) is 14.0. The van der Waals surface area contributed by atoms with Crippen LogP contribution < -0.4 is 15.1 Å². The maximum Gasteiger partial charge on any atom is 0.134 e. The van der Waals surface area contributed by atoms with Gasteiger partial charge < -0.3 is 15.1 Å². The van der Waals surface area contributed by atoms with Crippen molar-refractivity contribution >= 4 is 17.3 Å². The van der Waals surface area contributed by atoms with E-state index in [-0.39, 0.29) is 5.54 Å². The van der Waals surface area contributed by atoms with Gasteiger partial charge in [0.15, 0.2) is 0 Å². The van der Waals surface area contributed by atoms with E-state index in [0.717, 1.165) is 43.6 Å². The quantitative estimate of drug-likeness (QED) is 0.925. The van der Waals surface area contributed by atoms with Crippen LogP contribution in [0.1, 0.15) is 32.2 Å². The molecule has 0 aliphatic carbocycles. The highest BCUT2D eigenvalue weighted by Gasteiger charge is 2.20. The average Bonchev–Trinajstić information content (AvgIpc) is 2.53. The van der Waals surface area contributed by atoms with Gasteiger partial charge in [-0.25, -0.2) is 9.97 Å². The Morgan fingerprint density at radius 2 is 1.60 bits per heavy atom. The molecule has 1 fully saturated rings. The van der Waals surface area contributed by atoms with Gasteiger partial charge in [0.25, 0.3) is 0 Å². The summed E-state index contributed by atoms with van der Waals surface area (Å²) >= 11 is 0. The number of benzene rings is 1. The zero-order chi connectivity index (χ0) is 18.0. The number of nitrogens with zero attached hydrogens (tertiary/aromatic N) is 4. The summed E-state index contributed by atoms with van der Waals surface area (Å²) < 4.78 is 0. The summed E-state index contributed by atoms with van der Waals surface area (Å²) in [6.45, 7) is 14.5. The monoisotopic (exact) mass is 339 g/mol. The minimum atomic E-state index is -0.0120. The van der Waals surface area contributed by atoms with Crippen molar-refractivity contribution in [3.63, 3.8) is 0 Å². The van der Waals surface area contributed by atoms with E-state index in [1.54, 1.807) is 0 Å². The van der Waals surface area contributed by atoms with Gasteiger partial charge in [0.05, 0.1) is 0 Å². The van der Waals surface area contributed by atoms with E-state index in [9.17, 15) is 0 Å². The summed E-state index contributed by atoms with van der Waals surface area (Å²) in [5.41, 5.74) is 2.61. The highest BCUT2D eigenvalue weighted by atomic mass is 15.3. The van der Waals surface area contributed by atoms with Gasteiger partial charge in [0, 0.05) is 43.5 Å². The van der Waals surface area contributed by atoms with Gasteiger partial charge in [-0.15, -0.1) is 0 Å². The van der Waals surface area contributed by atoms with Crippen LogP contribution in [-0.2, 0) is 0 Å². The minimum Gasteiger partial charge on any atom is -0.368 e. The molecule has 1 N–H and O–H groups in total. The van der Waals surface area contributed by atoms with E-state index in [1.165, 1.54) is 11.3 Å². The molecule has 25 heavy (non-hydrogen) atoms. The minimum absolute atomic E-state index is 0.0120. The second kappa shape index (κ2) is 6.90. The van der Waals surface area contributed by atoms with Crippen molar-refractivity contribution in [3.8, 4) is 0 Å². The maximum atomic E-state index is 4.66. The second-order valence-corrected chi connectivity index (χ2v) is 7.85. The Labute approximate surface area is 151 Å². The summed E-state index contributed by atoms with van der Waals surface area (Å²) in [6.07, 6.45) is 0. The molecule has 0 unspecified atom stereocenters. The smallest absolute Gasteiger partial charge is 0.134 e. The van der Waals surface area contributed by atoms with Crippen molar-refractivity contribution in [2.24, 2.45) is 0 Å². The van der Waals surface area contributed by atoms with E-state index in [2.05, 4.69) is 83.1 Å². The van der Waals surface area contributed by atoms with Crippen molar-refractivity contribution in [3.05, 3.63) is 41.7 Å². The molecule has 5 nitrogen and oxygen atoms in total. The molecule has 1 aliphatic rings. The summed E-state index contributed by atoms with van der Waals surface area (Å²) in [7, 11) is 0. The van der Waals surface area contributed by atoms with Crippen LogP contribution in [0.25, 0.3) is 0 Å². The number of nitrogens with one attached hydrogen (secondary N) is 1. The SMILES string of the molecule is Cc1cccc(N2CCN(c3cc(NC(C)(C)C)nc(C)n3)CC2)c1. The number of piperazine rings is 1. The molecule has 0 amide bonds. The molecule has 5 heteroatoms. The number of hydrogen-bond donors (Lipinski definition) is 1. The van der Waals surface area contributed by atoms with Gasteiger partial charge in [-0.1, -0.05) is 12.1 Å². The Balaban J connectivity index is 1.70. The zero-order valence-corrected chi connectivity index (χ0v) is 16.0. The fraction of sp³-hybridized carbons (Fsp3) is 0.500. The normalized spacial score (nSPS) is 15.4. The van der Waals surface area contributed by atoms with Gasteiger partial charge in [0.2, 0.25) is 0 Å². The number of rotatable bonds is 3. The second-order valence-electron chi connectivity index (χ2n) is 7.85. The lowest BCUT2D eigenvalue weighted by Gasteiger charge is -2.37. The zero-order valence-electron chi connectivity index (χ0n) is 16.0. The van der Waals surface area contributed by atoms with Crippen LogP contribution in [0, 0.1) is 13.8 Å². The first-order valence-electron chi connectivity index (χ1n) is 9.01. The van der Waals surface area contributed by atoms with Crippen LogP contribution in [0.3, 0.4) is 0 Å². The number of anilines is 3. The molecule has 0 spiro atoms. The van der Waals surface area contributed by atoms with Crippen molar-refractivity contribution in [2.45, 2.75) is 40.2 Å². The van der Waals surface area contributed by atoms with Crippen molar-refractivity contribution in [1.29, 1.82) is 0 Å². The Kier molecular flexibility index (Phi) is 4.84. The fourth-order valence-electron chi connectivity index (χ4n) is 3.18. The largest absolute Gasteiger partial charge is 0.368 e. The first kappa shape index (κ1) is 17.5. The molecule has 0 atom stereocenters. The van der Waals surface area contributed by atoms with Crippen LogP contribution in [0.4, 0.5) is 17.3 Å². The molecule has 1 aromatic carbocycles. The van der Waals surface area contributed by atoms with Gasteiger partial charge in [-0.2, -0.15) is 0 Å². The first-order valence-corrected chi connectivity index (χ1v) is 9.01. The molecule has 0 bridgehead atoms. The summed E-state index contributed by atoms with van der Waals surface area (Å²) in [5.74, 6) is 2.73. The molecular formula is C20H29N5. The summed E-state index contributed by atoms with van der Waals surface area (Å²) in [5, 5.41) is 3.45. The molecule has 0 radical (unpaired) electrons. The van der Waals surface area contributed by atoms with Crippen LogP contribution >= 0.6 is 0 Å². The topological polar surface area (TPSA) is 44.3 Å². The molecule has 134 valence electrons. The third kappa shape index (κ3) is 4.62. The van der Waals surface area contributed by atoms with E-state index < -0.39 is 0 Å². The Bertz CT molecular complexity index is 727. The van der Waals surface area contributed by atoms with E-state index >= 15 is 0 Å². The lowest BCUT2D eigenvalue weighted by atomic mass is 10.1. The summed E-state index contributed by atoms with van der Waals surface area (Å²) in [6, 6.07) is 10.8. The molecule has 1 saturated heterocycles. The van der Waals surface area contributed by atoms with Crippen LogP contribution in [0.5, 0.6) is 0 Å². The number of aromatic nitrogens is 2. The highest BCUT2D eigenvalue weighted by Crippen LogP contribution is 2.23. The third-order valence-corrected chi connectivity index (χ3v) is 4.30. The lowest BCUT2D eigenvalue weighted by Crippen LogP contribution is -2.47. The van der Waals surface area contributed by atoms with E-state index in [4.69, 9.17) is 0 Å². The molecule has 1 aromatic heterocycles. The Hall–Kier alpha value is -2.30. The molecule has 0 saturated carbocycles. The molecule has 1 aliphatic heterocycles. The Morgan fingerprint density at radius 1 is 0.920 bits per heavy atom. The fourth-order valence-corrected chi connectivity index (χ4v) is 3.18. The molecule has 2 aromatic rings. The Morgan fingerprint density at radius 3 is 2.24 bits per heavy atom. The molecule has 2 heterocycles. The van der Waals surface area contributed by atoms with Crippen molar-refractivity contribution < 1.29 is 0 Å². The molecular weight excluding hydrogens is 310 g/mol. The van der Waals surface area contributed by atoms with Crippen molar-refractivity contribution in [1.82, 2.24) is 9.97 Å².